The average molecular weight is 332 g/mol. The van der Waals surface area contributed by atoms with Crippen LogP contribution in [0.1, 0.15) is 69.8 Å². The highest BCUT2D eigenvalue weighted by Crippen LogP contribution is 2.40. The molecule has 0 amide bonds. The molecule has 1 saturated carbocycles. The third-order valence-corrected chi connectivity index (χ3v) is 5.17. The Bertz CT molecular complexity index is 434. The first-order chi connectivity index (χ1) is 8.52. The average Bonchev–Trinajstić information content (AvgIpc) is 2.80. The van der Waals surface area contributed by atoms with Gasteiger partial charge in [0, 0.05) is 5.92 Å². The van der Waals surface area contributed by atoms with E-state index in [0.717, 1.165) is 21.9 Å². The van der Waals surface area contributed by atoms with Gasteiger partial charge < -0.3 is 0 Å². The van der Waals surface area contributed by atoms with Crippen LogP contribution in [0, 0.1) is 5.92 Å². The Morgan fingerprint density at radius 1 is 1.33 bits per heavy atom. The highest BCUT2D eigenvalue weighted by Gasteiger charge is 2.28. The SMILES string of the molecule is CCC1CCC(c2nc(Cl)c(Br)c(C(C)C)n2)C1. The van der Waals surface area contributed by atoms with E-state index in [1.807, 2.05) is 0 Å². The fourth-order valence-electron chi connectivity index (χ4n) is 2.70. The molecular formula is C14H20BrClN2. The fourth-order valence-corrected chi connectivity index (χ4v) is 3.52. The molecule has 18 heavy (non-hydrogen) atoms. The van der Waals surface area contributed by atoms with Gasteiger partial charge in [0.15, 0.2) is 0 Å². The lowest BCUT2D eigenvalue weighted by atomic mass is 10.0. The Hall–Kier alpha value is -0.150. The van der Waals surface area contributed by atoms with Crippen molar-refractivity contribution < 1.29 is 0 Å². The van der Waals surface area contributed by atoms with Crippen LogP contribution in [0.3, 0.4) is 0 Å². The largest absolute Gasteiger partial charge is 0.236 e. The summed E-state index contributed by atoms with van der Waals surface area (Å²) in [4.78, 5) is 9.21. The van der Waals surface area contributed by atoms with Gasteiger partial charge in [-0.3, -0.25) is 0 Å². The monoisotopic (exact) mass is 330 g/mol. The minimum atomic E-state index is 0.363. The van der Waals surface area contributed by atoms with Crippen LogP contribution < -0.4 is 0 Å². The molecule has 0 bridgehead atoms. The van der Waals surface area contributed by atoms with E-state index in [-0.39, 0.29) is 0 Å². The van der Waals surface area contributed by atoms with E-state index in [2.05, 4.69) is 41.7 Å². The summed E-state index contributed by atoms with van der Waals surface area (Å²) in [6, 6.07) is 0. The molecule has 0 N–H and O–H groups in total. The molecular weight excluding hydrogens is 312 g/mol. The molecule has 0 spiro atoms. The zero-order chi connectivity index (χ0) is 13.3. The Labute approximate surface area is 123 Å². The highest BCUT2D eigenvalue weighted by atomic mass is 79.9. The molecule has 4 heteroatoms. The van der Waals surface area contributed by atoms with Crippen molar-refractivity contribution in [1.29, 1.82) is 0 Å². The molecule has 1 heterocycles. The van der Waals surface area contributed by atoms with Gasteiger partial charge in [0.2, 0.25) is 0 Å². The van der Waals surface area contributed by atoms with E-state index in [0.29, 0.717) is 17.0 Å². The van der Waals surface area contributed by atoms with Crippen LogP contribution >= 0.6 is 27.5 Å². The lowest BCUT2D eigenvalue weighted by Gasteiger charge is -2.14. The third-order valence-electron chi connectivity index (χ3n) is 3.88. The minimum Gasteiger partial charge on any atom is -0.236 e. The minimum absolute atomic E-state index is 0.363. The molecule has 1 fully saturated rings. The second kappa shape index (κ2) is 5.87. The smallest absolute Gasteiger partial charge is 0.147 e. The first-order valence-corrected chi connectivity index (χ1v) is 7.92. The highest BCUT2D eigenvalue weighted by molar-refractivity contribution is 9.10. The maximum atomic E-state index is 6.21. The zero-order valence-electron chi connectivity index (χ0n) is 11.2. The Kier molecular flexibility index (Phi) is 4.65. The predicted octanol–water partition coefficient (Wildman–Crippen LogP) is 5.31. The van der Waals surface area contributed by atoms with E-state index in [1.54, 1.807) is 0 Å². The molecule has 0 aliphatic heterocycles. The molecule has 0 radical (unpaired) electrons. The molecule has 1 aromatic rings. The third kappa shape index (κ3) is 2.88. The number of nitrogens with zero attached hydrogens (tertiary/aromatic N) is 2. The van der Waals surface area contributed by atoms with Gasteiger partial charge in [-0.15, -0.1) is 0 Å². The Morgan fingerprint density at radius 3 is 2.61 bits per heavy atom. The normalized spacial score (nSPS) is 23.9. The predicted molar refractivity (Wildman–Crippen MR) is 79.2 cm³/mol. The maximum absolute atomic E-state index is 6.21. The Morgan fingerprint density at radius 2 is 2.06 bits per heavy atom. The molecule has 2 unspecified atom stereocenters. The molecule has 0 saturated heterocycles. The number of hydrogen-bond acceptors (Lipinski definition) is 2. The van der Waals surface area contributed by atoms with Crippen LogP contribution in [0.2, 0.25) is 5.15 Å². The van der Waals surface area contributed by atoms with Gasteiger partial charge in [-0.05, 0) is 47.0 Å². The summed E-state index contributed by atoms with van der Waals surface area (Å²) in [6.45, 7) is 6.54. The van der Waals surface area contributed by atoms with Gasteiger partial charge in [0.1, 0.15) is 11.0 Å². The molecule has 2 nitrogen and oxygen atoms in total. The van der Waals surface area contributed by atoms with Crippen LogP contribution in [-0.2, 0) is 0 Å². The number of aromatic nitrogens is 2. The quantitative estimate of drug-likeness (QED) is 0.701. The standard InChI is InChI=1S/C14H20BrClN2/c1-4-9-5-6-10(7-9)14-17-12(8(2)3)11(15)13(16)18-14/h8-10H,4-7H2,1-3H3. The molecule has 0 aromatic carbocycles. The van der Waals surface area contributed by atoms with E-state index < -0.39 is 0 Å². The second-order valence-corrected chi connectivity index (χ2v) is 6.66. The van der Waals surface area contributed by atoms with E-state index in [9.17, 15) is 0 Å². The molecule has 100 valence electrons. The molecule has 1 aromatic heterocycles. The fraction of sp³-hybridized carbons (Fsp3) is 0.714. The van der Waals surface area contributed by atoms with Crippen molar-refractivity contribution in [3.63, 3.8) is 0 Å². The van der Waals surface area contributed by atoms with E-state index in [4.69, 9.17) is 16.6 Å². The number of rotatable bonds is 3. The van der Waals surface area contributed by atoms with Crippen molar-refractivity contribution in [3.8, 4) is 0 Å². The number of hydrogen-bond donors (Lipinski definition) is 0. The van der Waals surface area contributed by atoms with Gasteiger partial charge in [-0.25, -0.2) is 9.97 Å². The summed E-state index contributed by atoms with van der Waals surface area (Å²) in [7, 11) is 0. The van der Waals surface area contributed by atoms with Crippen molar-refractivity contribution in [1.82, 2.24) is 9.97 Å². The second-order valence-electron chi connectivity index (χ2n) is 5.51. The topological polar surface area (TPSA) is 25.8 Å². The van der Waals surface area contributed by atoms with Gasteiger partial charge in [0.25, 0.3) is 0 Å². The van der Waals surface area contributed by atoms with Crippen LogP contribution in [0.4, 0.5) is 0 Å². The summed E-state index contributed by atoms with van der Waals surface area (Å²) in [5.41, 5.74) is 1.03. The van der Waals surface area contributed by atoms with Crippen LogP contribution in [-0.4, -0.2) is 9.97 Å². The summed E-state index contributed by atoms with van der Waals surface area (Å²) in [6.07, 6.45) is 4.98. The summed E-state index contributed by atoms with van der Waals surface area (Å²) in [5, 5.41) is 0.559. The molecule has 1 aliphatic rings. The molecule has 2 rings (SSSR count). The Balaban J connectivity index is 2.29. The van der Waals surface area contributed by atoms with Crippen molar-refractivity contribution in [2.75, 3.05) is 0 Å². The van der Waals surface area contributed by atoms with Gasteiger partial charge >= 0.3 is 0 Å². The van der Waals surface area contributed by atoms with Gasteiger partial charge in [0.05, 0.1) is 10.2 Å². The first kappa shape index (κ1) is 14.3. The van der Waals surface area contributed by atoms with Crippen LogP contribution in [0.5, 0.6) is 0 Å². The van der Waals surface area contributed by atoms with E-state index >= 15 is 0 Å². The summed E-state index contributed by atoms with van der Waals surface area (Å²) < 4.78 is 0.855. The molecule has 2 atom stereocenters. The van der Waals surface area contributed by atoms with E-state index in [1.165, 1.54) is 25.7 Å². The van der Waals surface area contributed by atoms with Crippen LogP contribution in [0.25, 0.3) is 0 Å². The zero-order valence-corrected chi connectivity index (χ0v) is 13.6. The van der Waals surface area contributed by atoms with Crippen molar-refractivity contribution in [2.24, 2.45) is 5.92 Å². The van der Waals surface area contributed by atoms with Crippen molar-refractivity contribution in [3.05, 3.63) is 21.1 Å². The molecule has 1 aliphatic carbocycles. The lowest BCUT2D eigenvalue weighted by molar-refractivity contribution is 0.515. The lowest BCUT2D eigenvalue weighted by Crippen LogP contribution is -2.07. The van der Waals surface area contributed by atoms with Crippen molar-refractivity contribution in [2.45, 2.75) is 58.3 Å². The summed E-state index contributed by atoms with van der Waals surface area (Å²) >= 11 is 9.71. The van der Waals surface area contributed by atoms with Gasteiger partial charge in [-0.1, -0.05) is 38.8 Å². The van der Waals surface area contributed by atoms with Crippen molar-refractivity contribution >= 4 is 27.5 Å². The first-order valence-electron chi connectivity index (χ1n) is 6.75. The van der Waals surface area contributed by atoms with Crippen LogP contribution in [0.15, 0.2) is 4.47 Å². The van der Waals surface area contributed by atoms with Gasteiger partial charge in [-0.2, -0.15) is 0 Å². The maximum Gasteiger partial charge on any atom is 0.147 e. The summed E-state index contributed by atoms with van der Waals surface area (Å²) in [5.74, 6) is 2.64. The number of halogens is 2.